The molecule has 0 aliphatic carbocycles. The monoisotopic (exact) mass is 235 g/mol. The molecule has 0 aliphatic heterocycles. The summed E-state index contributed by atoms with van der Waals surface area (Å²) < 4.78 is 23.1. The minimum atomic E-state index is -2.84. The lowest BCUT2D eigenvalue weighted by Crippen LogP contribution is -2.29. The van der Waals surface area contributed by atoms with Gasteiger partial charge in [-0.05, 0) is 39.7 Å². The van der Waals surface area contributed by atoms with Crippen LogP contribution in [0.4, 0.5) is 0 Å². The summed E-state index contributed by atoms with van der Waals surface area (Å²) in [6, 6.07) is 0.470. The quantitative estimate of drug-likeness (QED) is 0.700. The van der Waals surface area contributed by atoms with Gasteiger partial charge in [0, 0.05) is 6.04 Å². The van der Waals surface area contributed by atoms with Gasteiger partial charge in [0.25, 0.3) is 0 Å². The molecule has 15 heavy (non-hydrogen) atoms. The molecule has 0 rings (SSSR count). The predicted molar refractivity (Wildman–Crippen MR) is 65.9 cm³/mol. The molecule has 0 saturated carbocycles. The summed E-state index contributed by atoms with van der Waals surface area (Å²) in [5.41, 5.74) is 0. The van der Waals surface area contributed by atoms with Crippen molar-refractivity contribution in [2.45, 2.75) is 58.2 Å². The molecule has 4 heteroatoms. The van der Waals surface area contributed by atoms with Crippen LogP contribution in [0.2, 0.25) is 0 Å². The molecule has 0 spiro atoms. The van der Waals surface area contributed by atoms with Gasteiger partial charge < -0.3 is 5.32 Å². The van der Waals surface area contributed by atoms with E-state index in [1.54, 1.807) is 13.8 Å². The van der Waals surface area contributed by atoms with Crippen LogP contribution in [-0.2, 0) is 9.84 Å². The molecular weight excluding hydrogens is 210 g/mol. The first-order chi connectivity index (χ1) is 6.94. The SMILES string of the molecule is CCNC(CC)CCCS(=O)(=O)C(C)C. The van der Waals surface area contributed by atoms with Crippen molar-refractivity contribution in [1.29, 1.82) is 0 Å². The summed E-state index contributed by atoms with van der Waals surface area (Å²) in [5, 5.41) is 3.11. The molecule has 1 atom stereocenters. The molecule has 1 N–H and O–H groups in total. The zero-order chi connectivity index (χ0) is 11.9. The van der Waals surface area contributed by atoms with Crippen LogP contribution in [0.3, 0.4) is 0 Å². The Morgan fingerprint density at radius 2 is 1.80 bits per heavy atom. The van der Waals surface area contributed by atoms with Gasteiger partial charge in [0.1, 0.15) is 0 Å². The number of nitrogens with one attached hydrogen (secondary N) is 1. The van der Waals surface area contributed by atoms with Crippen molar-refractivity contribution < 1.29 is 8.42 Å². The van der Waals surface area contributed by atoms with E-state index in [-0.39, 0.29) is 5.25 Å². The van der Waals surface area contributed by atoms with Crippen LogP contribution in [0, 0.1) is 0 Å². The molecule has 0 amide bonds. The van der Waals surface area contributed by atoms with Gasteiger partial charge in [-0.1, -0.05) is 13.8 Å². The second-order valence-electron chi connectivity index (χ2n) is 4.22. The highest BCUT2D eigenvalue weighted by Gasteiger charge is 2.16. The summed E-state index contributed by atoms with van der Waals surface area (Å²) in [4.78, 5) is 0. The summed E-state index contributed by atoms with van der Waals surface area (Å²) in [6.07, 6.45) is 2.79. The molecule has 0 heterocycles. The van der Waals surface area contributed by atoms with E-state index in [4.69, 9.17) is 0 Å². The maximum Gasteiger partial charge on any atom is 0.152 e. The molecule has 0 aromatic heterocycles. The first kappa shape index (κ1) is 14.9. The van der Waals surface area contributed by atoms with Gasteiger partial charge in [0.2, 0.25) is 0 Å². The van der Waals surface area contributed by atoms with Crippen molar-refractivity contribution in [3.63, 3.8) is 0 Å². The molecule has 0 bridgehead atoms. The van der Waals surface area contributed by atoms with Gasteiger partial charge in [0.15, 0.2) is 9.84 Å². The molecule has 0 aromatic rings. The van der Waals surface area contributed by atoms with E-state index in [0.717, 1.165) is 25.8 Å². The standard InChI is InChI=1S/C11H25NO2S/c1-5-11(12-6-2)8-7-9-15(13,14)10(3)4/h10-12H,5-9H2,1-4H3. The minimum Gasteiger partial charge on any atom is -0.314 e. The highest BCUT2D eigenvalue weighted by Crippen LogP contribution is 2.07. The zero-order valence-corrected chi connectivity index (χ0v) is 11.2. The summed E-state index contributed by atoms with van der Waals surface area (Å²) in [6.45, 7) is 8.65. The van der Waals surface area contributed by atoms with Crippen LogP contribution < -0.4 is 5.32 Å². The van der Waals surface area contributed by atoms with Crippen LogP contribution in [0.15, 0.2) is 0 Å². The lowest BCUT2D eigenvalue weighted by molar-refractivity contribution is 0.474. The van der Waals surface area contributed by atoms with Crippen molar-refractivity contribution in [3.8, 4) is 0 Å². The second-order valence-corrected chi connectivity index (χ2v) is 6.90. The fourth-order valence-corrected chi connectivity index (χ4v) is 2.55. The number of hydrogen-bond donors (Lipinski definition) is 1. The third-order valence-corrected chi connectivity index (χ3v) is 4.98. The Kier molecular flexibility index (Phi) is 7.18. The molecule has 92 valence electrons. The second kappa shape index (κ2) is 7.23. The van der Waals surface area contributed by atoms with Gasteiger partial charge in [-0.2, -0.15) is 0 Å². The normalized spacial score (nSPS) is 14.5. The van der Waals surface area contributed by atoms with Crippen molar-refractivity contribution >= 4 is 9.84 Å². The van der Waals surface area contributed by atoms with E-state index in [1.165, 1.54) is 0 Å². The highest BCUT2D eigenvalue weighted by atomic mass is 32.2. The van der Waals surface area contributed by atoms with E-state index in [9.17, 15) is 8.42 Å². The van der Waals surface area contributed by atoms with Gasteiger partial charge in [0.05, 0.1) is 11.0 Å². The summed E-state index contributed by atoms with van der Waals surface area (Å²) in [5.74, 6) is 0.326. The average molecular weight is 235 g/mol. The van der Waals surface area contributed by atoms with E-state index in [1.807, 2.05) is 0 Å². The zero-order valence-electron chi connectivity index (χ0n) is 10.4. The number of sulfone groups is 1. The van der Waals surface area contributed by atoms with Crippen molar-refractivity contribution in [3.05, 3.63) is 0 Å². The number of hydrogen-bond acceptors (Lipinski definition) is 3. The molecule has 0 radical (unpaired) electrons. The highest BCUT2D eigenvalue weighted by molar-refractivity contribution is 7.91. The first-order valence-electron chi connectivity index (χ1n) is 5.89. The Balaban J connectivity index is 3.87. The average Bonchev–Trinajstić information content (AvgIpc) is 2.16. The molecular formula is C11H25NO2S. The van der Waals surface area contributed by atoms with Crippen molar-refractivity contribution in [2.24, 2.45) is 0 Å². The molecule has 0 fully saturated rings. The molecule has 3 nitrogen and oxygen atoms in total. The van der Waals surface area contributed by atoms with Crippen LogP contribution in [0.25, 0.3) is 0 Å². The molecule has 0 aromatic carbocycles. The Bertz CT molecular complexity index is 247. The largest absolute Gasteiger partial charge is 0.314 e. The summed E-state index contributed by atoms with van der Waals surface area (Å²) in [7, 11) is -2.84. The Hall–Kier alpha value is -0.0900. The third kappa shape index (κ3) is 6.15. The Morgan fingerprint density at radius 1 is 1.20 bits per heavy atom. The van der Waals surface area contributed by atoms with E-state index < -0.39 is 9.84 Å². The molecule has 1 unspecified atom stereocenters. The first-order valence-corrected chi connectivity index (χ1v) is 7.60. The van der Waals surface area contributed by atoms with Crippen LogP contribution in [-0.4, -0.2) is 32.0 Å². The lowest BCUT2D eigenvalue weighted by atomic mass is 10.1. The van der Waals surface area contributed by atoms with Gasteiger partial charge in [-0.3, -0.25) is 0 Å². The Morgan fingerprint density at radius 3 is 2.20 bits per heavy atom. The van der Waals surface area contributed by atoms with Gasteiger partial charge in [-0.25, -0.2) is 8.42 Å². The molecule has 0 aliphatic rings. The van der Waals surface area contributed by atoms with Gasteiger partial charge in [-0.15, -0.1) is 0 Å². The maximum atomic E-state index is 11.5. The fraction of sp³-hybridized carbons (Fsp3) is 1.00. The minimum absolute atomic E-state index is 0.239. The van der Waals surface area contributed by atoms with E-state index in [0.29, 0.717) is 11.8 Å². The third-order valence-electron chi connectivity index (χ3n) is 2.69. The topological polar surface area (TPSA) is 46.2 Å². The fourth-order valence-electron chi connectivity index (χ4n) is 1.51. The maximum absolute atomic E-state index is 11.5. The lowest BCUT2D eigenvalue weighted by Gasteiger charge is -2.15. The van der Waals surface area contributed by atoms with E-state index in [2.05, 4.69) is 19.2 Å². The van der Waals surface area contributed by atoms with E-state index >= 15 is 0 Å². The van der Waals surface area contributed by atoms with Crippen molar-refractivity contribution in [1.82, 2.24) is 5.32 Å². The number of rotatable bonds is 8. The van der Waals surface area contributed by atoms with Gasteiger partial charge >= 0.3 is 0 Å². The van der Waals surface area contributed by atoms with Crippen LogP contribution >= 0.6 is 0 Å². The Labute approximate surface area is 94.6 Å². The molecule has 0 saturated heterocycles. The van der Waals surface area contributed by atoms with Crippen LogP contribution in [0.5, 0.6) is 0 Å². The smallest absolute Gasteiger partial charge is 0.152 e. The summed E-state index contributed by atoms with van der Waals surface area (Å²) >= 11 is 0. The predicted octanol–water partition coefficient (Wildman–Crippen LogP) is 1.98. The van der Waals surface area contributed by atoms with Crippen LogP contribution in [0.1, 0.15) is 47.0 Å². The van der Waals surface area contributed by atoms with Crippen molar-refractivity contribution in [2.75, 3.05) is 12.3 Å².